The number of nitrogens with zero attached hydrogens (tertiary/aromatic N) is 3. The smallest absolute Gasteiger partial charge is 0.254 e. The summed E-state index contributed by atoms with van der Waals surface area (Å²) in [6, 6.07) is 22.3. The van der Waals surface area contributed by atoms with E-state index in [0.29, 0.717) is 12.1 Å². The number of aromatic nitrogens is 1. The summed E-state index contributed by atoms with van der Waals surface area (Å²) < 4.78 is 0. The summed E-state index contributed by atoms with van der Waals surface area (Å²) in [6.07, 6.45) is 2.63. The Balaban J connectivity index is 1.50. The van der Waals surface area contributed by atoms with Crippen LogP contribution in [0.15, 0.2) is 72.9 Å². The Morgan fingerprint density at radius 1 is 1.04 bits per heavy atom. The molecule has 0 unspecified atom stereocenters. The third-order valence-electron chi connectivity index (χ3n) is 5.06. The van der Waals surface area contributed by atoms with Crippen molar-refractivity contribution in [3.05, 3.63) is 95.2 Å². The topological polar surface area (TPSA) is 36.4 Å². The van der Waals surface area contributed by atoms with Crippen LogP contribution in [0, 0.1) is 0 Å². The number of hydrogen-bond donors (Lipinski definition) is 0. The third kappa shape index (κ3) is 3.85. The highest BCUT2D eigenvalue weighted by Gasteiger charge is 2.22. The van der Waals surface area contributed by atoms with Crippen LogP contribution < -0.4 is 4.90 Å². The van der Waals surface area contributed by atoms with Crippen LogP contribution in [0.1, 0.15) is 27.0 Å². The Morgan fingerprint density at radius 3 is 2.59 bits per heavy atom. The van der Waals surface area contributed by atoms with Crippen molar-refractivity contribution in [3.8, 4) is 0 Å². The largest absolute Gasteiger partial charge is 0.355 e. The van der Waals surface area contributed by atoms with Crippen LogP contribution in [0.2, 0.25) is 0 Å². The van der Waals surface area contributed by atoms with Gasteiger partial charge < -0.3 is 9.80 Å². The summed E-state index contributed by atoms with van der Waals surface area (Å²) in [6.45, 7) is 2.18. The molecule has 3 aromatic rings. The van der Waals surface area contributed by atoms with E-state index in [1.165, 1.54) is 16.7 Å². The van der Waals surface area contributed by atoms with E-state index in [9.17, 15) is 4.79 Å². The number of anilines is 1. The van der Waals surface area contributed by atoms with Gasteiger partial charge in [-0.2, -0.15) is 0 Å². The molecule has 0 bridgehead atoms. The first-order chi connectivity index (χ1) is 13.2. The Labute approximate surface area is 160 Å². The van der Waals surface area contributed by atoms with Crippen LogP contribution in [0.3, 0.4) is 0 Å². The van der Waals surface area contributed by atoms with Crippen molar-refractivity contribution in [2.24, 2.45) is 0 Å². The van der Waals surface area contributed by atoms with Gasteiger partial charge in [-0.25, -0.2) is 4.98 Å². The van der Waals surface area contributed by atoms with Crippen molar-refractivity contribution in [1.29, 1.82) is 0 Å². The number of hydrogen-bond acceptors (Lipinski definition) is 3. The lowest BCUT2D eigenvalue weighted by molar-refractivity contribution is 0.0734. The molecule has 0 N–H and O–H groups in total. The molecule has 0 saturated carbocycles. The summed E-state index contributed by atoms with van der Waals surface area (Å²) in [4.78, 5) is 21.5. The fourth-order valence-electron chi connectivity index (χ4n) is 3.55. The van der Waals surface area contributed by atoms with Crippen LogP contribution in [-0.2, 0) is 19.5 Å². The average molecular weight is 357 g/mol. The van der Waals surface area contributed by atoms with Crippen molar-refractivity contribution in [2.75, 3.05) is 18.5 Å². The maximum absolute atomic E-state index is 13.0. The zero-order valence-corrected chi connectivity index (χ0v) is 15.5. The molecule has 2 aromatic carbocycles. The van der Waals surface area contributed by atoms with Crippen molar-refractivity contribution in [2.45, 2.75) is 19.5 Å². The van der Waals surface area contributed by atoms with Gasteiger partial charge in [0, 0.05) is 38.4 Å². The number of fused-ring (bicyclic) bond motifs is 1. The van der Waals surface area contributed by atoms with Crippen LogP contribution in [-0.4, -0.2) is 29.4 Å². The van der Waals surface area contributed by atoms with Gasteiger partial charge in [0.1, 0.15) is 5.82 Å². The number of rotatable bonds is 4. The number of carbonyl (C=O) groups is 1. The summed E-state index contributed by atoms with van der Waals surface area (Å²) in [7, 11) is 2.00. The van der Waals surface area contributed by atoms with Gasteiger partial charge in [0.2, 0.25) is 0 Å². The lowest BCUT2D eigenvalue weighted by atomic mass is 9.99. The predicted octanol–water partition coefficient (Wildman–Crippen LogP) is 3.92. The van der Waals surface area contributed by atoms with Crippen LogP contribution in [0.25, 0.3) is 0 Å². The standard InChI is InChI=1S/C23H23N3O/c1-25(16-18-7-3-2-4-8-18)22-15-20(11-13-24-22)23(27)26-14-12-19-9-5-6-10-21(19)17-26/h2-11,13,15H,12,14,16-17H2,1H3. The molecule has 1 aliphatic rings. The normalized spacial score (nSPS) is 13.1. The van der Waals surface area contributed by atoms with E-state index >= 15 is 0 Å². The predicted molar refractivity (Wildman–Crippen MR) is 108 cm³/mol. The molecule has 0 atom stereocenters. The molecule has 0 aliphatic carbocycles. The SMILES string of the molecule is CN(Cc1ccccc1)c1cc(C(=O)N2CCc3ccccc3C2)ccn1. The second-order valence-corrected chi connectivity index (χ2v) is 6.99. The van der Waals surface area contributed by atoms with Crippen LogP contribution >= 0.6 is 0 Å². The molecule has 1 aliphatic heterocycles. The van der Waals surface area contributed by atoms with E-state index in [1.807, 2.05) is 48.3 Å². The first-order valence-corrected chi connectivity index (χ1v) is 9.28. The monoisotopic (exact) mass is 357 g/mol. The van der Waals surface area contributed by atoms with Gasteiger partial charge in [0.15, 0.2) is 0 Å². The van der Waals surface area contributed by atoms with Gasteiger partial charge in [-0.3, -0.25) is 4.79 Å². The minimum Gasteiger partial charge on any atom is -0.355 e. The quantitative estimate of drug-likeness (QED) is 0.710. The fraction of sp³-hybridized carbons (Fsp3) is 0.217. The first-order valence-electron chi connectivity index (χ1n) is 9.28. The second kappa shape index (κ2) is 7.62. The lowest BCUT2D eigenvalue weighted by Gasteiger charge is -2.29. The lowest BCUT2D eigenvalue weighted by Crippen LogP contribution is -2.36. The average Bonchev–Trinajstić information content (AvgIpc) is 2.73. The number of amides is 1. The van der Waals surface area contributed by atoms with Crippen LogP contribution in [0.4, 0.5) is 5.82 Å². The van der Waals surface area contributed by atoms with Crippen molar-refractivity contribution in [1.82, 2.24) is 9.88 Å². The number of benzene rings is 2. The molecule has 4 nitrogen and oxygen atoms in total. The van der Waals surface area contributed by atoms with Crippen molar-refractivity contribution in [3.63, 3.8) is 0 Å². The van der Waals surface area contributed by atoms with Gasteiger partial charge in [-0.15, -0.1) is 0 Å². The Hall–Kier alpha value is -3.14. The summed E-state index contributed by atoms with van der Waals surface area (Å²) in [5.41, 5.74) is 4.50. The van der Waals surface area contributed by atoms with Crippen molar-refractivity contribution >= 4 is 11.7 Å². The zero-order chi connectivity index (χ0) is 18.6. The summed E-state index contributed by atoms with van der Waals surface area (Å²) in [5.74, 6) is 0.878. The van der Waals surface area contributed by atoms with Gasteiger partial charge in [0.05, 0.1) is 0 Å². The van der Waals surface area contributed by atoms with E-state index < -0.39 is 0 Å². The minimum atomic E-state index is 0.0706. The Bertz CT molecular complexity index is 939. The summed E-state index contributed by atoms with van der Waals surface area (Å²) >= 11 is 0. The number of carbonyl (C=O) groups excluding carboxylic acids is 1. The molecule has 1 aromatic heterocycles. The van der Waals surface area contributed by atoms with E-state index in [1.54, 1.807) is 6.20 Å². The zero-order valence-electron chi connectivity index (χ0n) is 15.5. The molecule has 4 heteroatoms. The molecule has 27 heavy (non-hydrogen) atoms. The molecule has 0 saturated heterocycles. The second-order valence-electron chi connectivity index (χ2n) is 6.99. The number of pyridine rings is 1. The fourth-order valence-corrected chi connectivity index (χ4v) is 3.55. The molecule has 4 rings (SSSR count). The molecule has 2 heterocycles. The van der Waals surface area contributed by atoms with E-state index in [0.717, 1.165) is 25.3 Å². The highest BCUT2D eigenvalue weighted by molar-refractivity contribution is 5.95. The Kier molecular flexibility index (Phi) is 4.88. The van der Waals surface area contributed by atoms with E-state index in [2.05, 4.69) is 40.2 Å². The molecule has 136 valence electrons. The minimum absolute atomic E-state index is 0.0706. The molecule has 0 spiro atoms. The molecule has 0 fully saturated rings. The van der Waals surface area contributed by atoms with Gasteiger partial charge in [0.25, 0.3) is 5.91 Å². The molecular weight excluding hydrogens is 334 g/mol. The van der Waals surface area contributed by atoms with E-state index in [4.69, 9.17) is 0 Å². The Morgan fingerprint density at radius 2 is 1.78 bits per heavy atom. The first kappa shape index (κ1) is 17.3. The maximum Gasteiger partial charge on any atom is 0.254 e. The molecular formula is C23H23N3O. The maximum atomic E-state index is 13.0. The van der Waals surface area contributed by atoms with Crippen LogP contribution in [0.5, 0.6) is 0 Å². The van der Waals surface area contributed by atoms with E-state index in [-0.39, 0.29) is 5.91 Å². The highest BCUT2D eigenvalue weighted by atomic mass is 16.2. The molecule has 1 amide bonds. The molecule has 0 radical (unpaired) electrons. The third-order valence-corrected chi connectivity index (χ3v) is 5.06. The highest BCUT2D eigenvalue weighted by Crippen LogP contribution is 2.21. The van der Waals surface area contributed by atoms with Gasteiger partial charge in [-0.1, -0.05) is 54.6 Å². The summed E-state index contributed by atoms with van der Waals surface area (Å²) in [5, 5.41) is 0. The van der Waals surface area contributed by atoms with Gasteiger partial charge in [-0.05, 0) is 35.2 Å². The van der Waals surface area contributed by atoms with Crippen molar-refractivity contribution < 1.29 is 4.79 Å². The van der Waals surface area contributed by atoms with Gasteiger partial charge >= 0.3 is 0 Å².